The van der Waals surface area contributed by atoms with E-state index in [1.54, 1.807) is 6.92 Å². The molecule has 1 rings (SSSR count). The summed E-state index contributed by atoms with van der Waals surface area (Å²) in [5, 5.41) is -0.818. The van der Waals surface area contributed by atoms with Crippen molar-refractivity contribution in [1.29, 1.82) is 0 Å². The third kappa shape index (κ3) is 3.41. The summed E-state index contributed by atoms with van der Waals surface area (Å²) < 4.78 is 47.0. The van der Waals surface area contributed by atoms with E-state index in [2.05, 4.69) is 0 Å². The second kappa shape index (κ2) is 4.59. The maximum atomic E-state index is 11.8. The molecule has 0 saturated carbocycles. The fraction of sp³-hybridized carbons (Fsp3) is 1.00. The zero-order valence-corrected chi connectivity index (χ0v) is 11.1. The van der Waals surface area contributed by atoms with Gasteiger partial charge < -0.3 is 5.73 Å². The Morgan fingerprint density at radius 1 is 1.31 bits per heavy atom. The lowest BCUT2D eigenvalue weighted by Gasteiger charge is -2.20. The summed E-state index contributed by atoms with van der Waals surface area (Å²) in [5.41, 5.74) is 5.49. The van der Waals surface area contributed by atoms with Crippen molar-refractivity contribution in [2.75, 3.05) is 24.4 Å². The van der Waals surface area contributed by atoms with Crippen molar-refractivity contribution in [3.05, 3.63) is 0 Å². The van der Waals surface area contributed by atoms with Crippen LogP contribution in [0.15, 0.2) is 0 Å². The molecule has 0 aliphatic carbocycles. The second-order valence-electron chi connectivity index (χ2n) is 4.41. The summed E-state index contributed by atoms with van der Waals surface area (Å²) in [6.45, 7) is 2.53. The first-order valence-electron chi connectivity index (χ1n) is 5.03. The van der Waals surface area contributed by atoms with Crippen LogP contribution in [0.4, 0.5) is 0 Å². The van der Waals surface area contributed by atoms with Crippen LogP contribution in [0.2, 0.25) is 0 Å². The molecule has 8 heteroatoms. The first kappa shape index (κ1) is 13.9. The Balaban J connectivity index is 2.86. The Kier molecular flexibility index (Phi) is 3.99. The predicted octanol–water partition coefficient (Wildman–Crippen LogP) is -1.01. The second-order valence-corrected chi connectivity index (χ2v) is 8.84. The van der Waals surface area contributed by atoms with E-state index in [0.717, 1.165) is 6.26 Å². The smallest absolute Gasteiger partial charge is 0.228 e. The monoisotopic (exact) mass is 270 g/mol. The maximum absolute atomic E-state index is 11.8. The minimum absolute atomic E-state index is 0.129. The fourth-order valence-corrected chi connectivity index (χ4v) is 5.78. The minimum Gasteiger partial charge on any atom is -0.330 e. The molecule has 6 nitrogen and oxygen atoms in total. The van der Waals surface area contributed by atoms with Crippen molar-refractivity contribution in [2.45, 2.75) is 19.4 Å². The van der Waals surface area contributed by atoms with Gasteiger partial charge in [-0.3, -0.25) is 0 Å². The van der Waals surface area contributed by atoms with Gasteiger partial charge in [0.2, 0.25) is 10.0 Å². The lowest BCUT2D eigenvalue weighted by molar-refractivity contribution is 0.407. The number of sulfonamides is 1. The maximum Gasteiger partial charge on any atom is 0.228 e. The predicted molar refractivity (Wildman–Crippen MR) is 62.0 cm³/mol. The summed E-state index contributed by atoms with van der Waals surface area (Å²) in [7, 11) is -7.25. The molecule has 1 aliphatic heterocycles. The molecule has 0 aromatic rings. The zero-order chi connectivity index (χ0) is 12.6. The highest BCUT2D eigenvalue weighted by atomic mass is 32.3. The van der Waals surface area contributed by atoms with Gasteiger partial charge >= 0.3 is 0 Å². The first-order valence-corrected chi connectivity index (χ1v) is 8.70. The van der Waals surface area contributed by atoms with Crippen molar-refractivity contribution < 1.29 is 16.8 Å². The van der Waals surface area contributed by atoms with Crippen molar-refractivity contribution in [3.8, 4) is 0 Å². The quantitative estimate of drug-likeness (QED) is 0.705. The fourth-order valence-electron chi connectivity index (χ4n) is 2.01. The Labute approximate surface area is 96.8 Å². The average Bonchev–Trinajstić information content (AvgIpc) is 2.43. The molecule has 0 bridgehead atoms. The van der Waals surface area contributed by atoms with E-state index in [-0.39, 0.29) is 12.0 Å². The van der Waals surface area contributed by atoms with Gasteiger partial charge in [0.1, 0.15) is 0 Å². The zero-order valence-electron chi connectivity index (χ0n) is 9.46. The number of nitrogens with two attached hydrogens (primary N) is 1. The van der Waals surface area contributed by atoms with E-state index in [9.17, 15) is 16.8 Å². The lowest BCUT2D eigenvalue weighted by Crippen LogP contribution is -2.38. The molecule has 1 aliphatic rings. The third-order valence-electron chi connectivity index (χ3n) is 2.66. The minimum atomic E-state index is -3.72. The van der Waals surface area contributed by atoms with Gasteiger partial charge in [-0.1, -0.05) is 0 Å². The van der Waals surface area contributed by atoms with Gasteiger partial charge in [-0.2, -0.15) is 4.31 Å². The highest BCUT2D eigenvalue weighted by Gasteiger charge is 2.37. The molecule has 1 saturated heterocycles. The average molecular weight is 270 g/mol. The Bertz CT molecular complexity index is 443. The number of sulfone groups is 1. The highest BCUT2D eigenvalue weighted by Crippen LogP contribution is 2.25. The van der Waals surface area contributed by atoms with Crippen LogP contribution >= 0.6 is 0 Å². The Morgan fingerprint density at radius 3 is 2.25 bits per heavy atom. The summed E-state index contributed by atoms with van der Waals surface area (Å²) >= 11 is 0. The lowest BCUT2D eigenvalue weighted by atomic mass is 10.1. The van der Waals surface area contributed by atoms with Crippen LogP contribution in [0.5, 0.6) is 0 Å². The number of nitrogens with zero attached hydrogens (tertiary/aromatic N) is 1. The van der Waals surface area contributed by atoms with E-state index in [1.165, 1.54) is 4.31 Å². The van der Waals surface area contributed by atoms with Crippen molar-refractivity contribution >= 4 is 19.9 Å². The molecule has 0 radical (unpaired) electrons. The molecular weight excluding hydrogens is 252 g/mol. The van der Waals surface area contributed by atoms with Crippen LogP contribution in [0.1, 0.15) is 13.3 Å². The van der Waals surface area contributed by atoms with Gasteiger partial charge in [0, 0.05) is 18.8 Å². The highest BCUT2D eigenvalue weighted by molar-refractivity contribution is 8.06. The Hall–Kier alpha value is -0.180. The van der Waals surface area contributed by atoms with Crippen molar-refractivity contribution in [2.24, 2.45) is 11.7 Å². The van der Waals surface area contributed by atoms with E-state index in [1.807, 2.05) is 0 Å². The first-order chi connectivity index (χ1) is 7.15. The molecule has 2 atom stereocenters. The van der Waals surface area contributed by atoms with E-state index >= 15 is 0 Å². The molecule has 2 N–H and O–H groups in total. The SMILES string of the molecule is CC1CC(CN)CN1S(=O)(=O)CS(C)(=O)=O. The molecule has 0 amide bonds. The molecule has 2 unspecified atom stereocenters. The molecule has 16 heavy (non-hydrogen) atoms. The molecule has 1 fully saturated rings. The van der Waals surface area contributed by atoms with Gasteiger partial charge in [-0.15, -0.1) is 0 Å². The molecular formula is C8H18N2O4S2. The number of hydrogen-bond acceptors (Lipinski definition) is 5. The van der Waals surface area contributed by atoms with Gasteiger partial charge in [0.25, 0.3) is 0 Å². The van der Waals surface area contributed by atoms with Crippen LogP contribution in [0.3, 0.4) is 0 Å². The van der Waals surface area contributed by atoms with Crippen LogP contribution in [-0.2, 0) is 19.9 Å². The number of rotatable bonds is 4. The molecule has 0 aromatic heterocycles. The van der Waals surface area contributed by atoms with Gasteiger partial charge in [-0.25, -0.2) is 16.8 Å². The van der Waals surface area contributed by atoms with Gasteiger partial charge in [-0.05, 0) is 25.8 Å². The standard InChI is InChI=1S/C8H18N2O4S2/c1-7-3-8(4-9)5-10(7)16(13,14)6-15(2,11)12/h7-8H,3-6,9H2,1-2H3. The van der Waals surface area contributed by atoms with Crippen LogP contribution in [-0.4, -0.2) is 51.6 Å². The summed E-state index contributed by atoms with van der Waals surface area (Å²) in [6, 6.07) is -0.166. The van der Waals surface area contributed by atoms with Crippen molar-refractivity contribution in [3.63, 3.8) is 0 Å². The normalized spacial score (nSPS) is 28.4. The van der Waals surface area contributed by atoms with E-state index in [4.69, 9.17) is 5.73 Å². The molecule has 1 heterocycles. The van der Waals surface area contributed by atoms with E-state index in [0.29, 0.717) is 19.5 Å². The van der Waals surface area contributed by atoms with Crippen LogP contribution in [0, 0.1) is 5.92 Å². The number of hydrogen-bond donors (Lipinski definition) is 1. The van der Waals surface area contributed by atoms with Gasteiger partial charge in [0.05, 0.1) is 0 Å². The molecule has 96 valence electrons. The van der Waals surface area contributed by atoms with Crippen LogP contribution < -0.4 is 5.73 Å². The Morgan fingerprint density at radius 2 is 1.88 bits per heavy atom. The molecule has 0 spiro atoms. The van der Waals surface area contributed by atoms with Crippen molar-refractivity contribution in [1.82, 2.24) is 4.31 Å². The summed E-state index contributed by atoms with van der Waals surface area (Å²) in [6.07, 6.45) is 1.62. The van der Waals surface area contributed by atoms with Gasteiger partial charge in [0.15, 0.2) is 14.9 Å². The summed E-state index contributed by atoms with van der Waals surface area (Å²) in [5.74, 6) is 0.129. The largest absolute Gasteiger partial charge is 0.330 e. The van der Waals surface area contributed by atoms with E-state index < -0.39 is 24.9 Å². The van der Waals surface area contributed by atoms with Crippen LogP contribution in [0.25, 0.3) is 0 Å². The topological polar surface area (TPSA) is 97.5 Å². The summed E-state index contributed by atoms with van der Waals surface area (Å²) in [4.78, 5) is 0. The third-order valence-corrected chi connectivity index (χ3v) is 6.79. The molecule has 0 aromatic carbocycles.